The monoisotopic (exact) mass is 306 g/mol. The Morgan fingerprint density at radius 1 is 0.478 bits per heavy atom. The summed E-state index contributed by atoms with van der Waals surface area (Å²) in [7, 11) is -2.17. The van der Waals surface area contributed by atoms with Crippen molar-refractivity contribution in [3.8, 4) is 0 Å². The van der Waals surface area contributed by atoms with E-state index in [0.29, 0.717) is 5.92 Å². The largest absolute Gasteiger partial charge is 0.631 e. The first-order valence-electron chi connectivity index (χ1n) is 7.37. The second-order valence-corrected chi connectivity index (χ2v) is 5.01. The van der Waals surface area contributed by atoms with Gasteiger partial charge in [-0.05, 0) is 16.7 Å². The highest BCUT2D eigenvalue weighted by Gasteiger charge is 2.15. The third-order valence-corrected chi connectivity index (χ3v) is 3.40. The van der Waals surface area contributed by atoms with Gasteiger partial charge in [0, 0.05) is 5.92 Å². The Bertz CT molecular complexity index is 576. The molecule has 3 nitrogen and oxygen atoms in total. The zero-order valence-electron chi connectivity index (χ0n) is 12.7. The predicted octanol–water partition coefficient (Wildman–Crippen LogP) is 2.82. The molecular weight excluding hydrogens is 287 g/mol. The molecule has 23 heavy (non-hydrogen) atoms. The molecule has 0 bridgehead atoms. The van der Waals surface area contributed by atoms with Crippen LogP contribution in [0.15, 0.2) is 91.0 Å². The summed E-state index contributed by atoms with van der Waals surface area (Å²) in [5.41, 5.74) is 4.00. The molecule has 0 fully saturated rings. The second-order valence-electron chi connectivity index (χ2n) is 5.01. The average molecular weight is 306 g/mol. The first-order valence-corrected chi connectivity index (χ1v) is 7.37. The van der Waals surface area contributed by atoms with Crippen LogP contribution in [-0.2, 0) is 0 Å². The summed E-state index contributed by atoms with van der Waals surface area (Å²) in [5.74, 6) is 0.309. The van der Waals surface area contributed by atoms with E-state index in [1.165, 1.54) is 16.7 Å². The van der Waals surface area contributed by atoms with Gasteiger partial charge in [0.1, 0.15) is 0 Å². The van der Waals surface area contributed by atoms with Crippen LogP contribution in [0.5, 0.6) is 0 Å². The molecule has 4 heteroatoms. The summed E-state index contributed by atoms with van der Waals surface area (Å²) in [6.07, 6.45) is 0. The summed E-state index contributed by atoms with van der Waals surface area (Å²) in [6.45, 7) is 0. The fraction of sp³-hybridized carbons (Fsp3) is 0.0526. The minimum atomic E-state index is -2.17. The molecule has 0 saturated carbocycles. The first-order chi connectivity index (χ1) is 11.2. The topological polar surface area (TPSA) is 60.7 Å². The summed E-state index contributed by atoms with van der Waals surface area (Å²) in [5, 5.41) is 21.5. The molecule has 0 unspecified atom stereocenters. The van der Waals surface area contributed by atoms with Gasteiger partial charge < -0.3 is 15.1 Å². The molecule has 0 aliphatic heterocycles. The highest BCUT2D eigenvalue weighted by molar-refractivity contribution is 6.30. The van der Waals surface area contributed by atoms with Crippen LogP contribution in [0, 0.1) is 0 Å². The van der Waals surface area contributed by atoms with Crippen LogP contribution < -0.4 is 0 Å². The van der Waals surface area contributed by atoms with Gasteiger partial charge in [-0.1, -0.05) is 91.0 Å². The Kier molecular flexibility index (Phi) is 6.57. The van der Waals surface area contributed by atoms with Gasteiger partial charge in [-0.25, -0.2) is 0 Å². The van der Waals surface area contributed by atoms with Crippen LogP contribution in [0.4, 0.5) is 0 Å². The van der Waals surface area contributed by atoms with E-state index >= 15 is 0 Å². The van der Waals surface area contributed by atoms with E-state index in [-0.39, 0.29) is 0 Å². The maximum atomic E-state index is 7.17. The minimum absolute atomic E-state index is 0.309. The van der Waals surface area contributed by atoms with Gasteiger partial charge >= 0.3 is 7.32 Å². The van der Waals surface area contributed by atoms with Crippen LogP contribution in [0.2, 0.25) is 0 Å². The van der Waals surface area contributed by atoms with Gasteiger partial charge in [0.25, 0.3) is 0 Å². The molecule has 0 radical (unpaired) electrons. The Hall–Kier alpha value is -2.40. The van der Waals surface area contributed by atoms with Crippen LogP contribution >= 0.6 is 0 Å². The van der Waals surface area contributed by atoms with Crippen LogP contribution in [-0.4, -0.2) is 22.4 Å². The van der Waals surface area contributed by atoms with Crippen molar-refractivity contribution >= 4 is 7.32 Å². The van der Waals surface area contributed by atoms with Crippen molar-refractivity contribution < 1.29 is 15.1 Å². The van der Waals surface area contributed by atoms with Gasteiger partial charge in [0.2, 0.25) is 0 Å². The van der Waals surface area contributed by atoms with Crippen LogP contribution in [0.3, 0.4) is 0 Å². The molecule has 0 aliphatic rings. The summed E-state index contributed by atoms with van der Waals surface area (Å²) < 4.78 is 0. The van der Waals surface area contributed by atoms with Crippen LogP contribution in [0.1, 0.15) is 22.6 Å². The fourth-order valence-corrected chi connectivity index (χ4v) is 2.51. The number of hydrogen-bond acceptors (Lipinski definition) is 3. The average Bonchev–Trinajstić information content (AvgIpc) is 2.58. The SMILES string of the molecule is OB(O)O.c1ccc(C(c2ccccc2)c2ccccc2)cc1. The zero-order chi connectivity index (χ0) is 16.5. The van der Waals surface area contributed by atoms with Crippen molar-refractivity contribution in [1.82, 2.24) is 0 Å². The normalized spacial score (nSPS) is 9.91. The predicted molar refractivity (Wildman–Crippen MR) is 92.7 cm³/mol. The molecule has 3 aromatic carbocycles. The van der Waals surface area contributed by atoms with Crippen molar-refractivity contribution in [2.75, 3.05) is 0 Å². The molecule has 116 valence electrons. The molecule has 3 N–H and O–H groups in total. The third-order valence-electron chi connectivity index (χ3n) is 3.40. The van der Waals surface area contributed by atoms with Crippen molar-refractivity contribution in [1.29, 1.82) is 0 Å². The van der Waals surface area contributed by atoms with Gasteiger partial charge in [0.05, 0.1) is 0 Å². The maximum absolute atomic E-state index is 7.17. The molecule has 0 atom stereocenters. The van der Waals surface area contributed by atoms with Gasteiger partial charge in [-0.15, -0.1) is 0 Å². The lowest BCUT2D eigenvalue weighted by Gasteiger charge is -2.18. The van der Waals surface area contributed by atoms with Crippen molar-refractivity contribution in [3.63, 3.8) is 0 Å². The lowest BCUT2D eigenvalue weighted by molar-refractivity contribution is 0.278. The smallest absolute Gasteiger partial charge is 0.402 e. The number of benzene rings is 3. The fourth-order valence-electron chi connectivity index (χ4n) is 2.51. The van der Waals surface area contributed by atoms with E-state index in [1.54, 1.807) is 0 Å². The molecule has 0 aromatic heterocycles. The van der Waals surface area contributed by atoms with Crippen molar-refractivity contribution in [2.45, 2.75) is 5.92 Å². The summed E-state index contributed by atoms with van der Waals surface area (Å²) in [4.78, 5) is 0. The Balaban J connectivity index is 0.000000433. The van der Waals surface area contributed by atoms with E-state index in [4.69, 9.17) is 15.1 Å². The quantitative estimate of drug-likeness (QED) is 0.515. The van der Waals surface area contributed by atoms with E-state index in [0.717, 1.165) is 0 Å². The molecule has 0 saturated heterocycles. The minimum Gasteiger partial charge on any atom is -0.402 e. The van der Waals surface area contributed by atoms with E-state index < -0.39 is 7.32 Å². The van der Waals surface area contributed by atoms with E-state index in [9.17, 15) is 0 Å². The highest BCUT2D eigenvalue weighted by atomic mass is 16.5. The Morgan fingerprint density at radius 2 is 0.696 bits per heavy atom. The standard InChI is InChI=1S/C19H16.BH3O3/c1-4-10-16(11-5-1)19(17-12-6-2-7-13-17)18-14-8-3-9-15-18;2-1(3)4/h1-15,19H;2-4H. The maximum Gasteiger partial charge on any atom is 0.631 e. The lowest BCUT2D eigenvalue weighted by atomic mass is 9.85. The van der Waals surface area contributed by atoms with Crippen molar-refractivity contribution in [2.24, 2.45) is 0 Å². The van der Waals surface area contributed by atoms with Crippen molar-refractivity contribution in [3.05, 3.63) is 108 Å². The first kappa shape index (κ1) is 17.0. The molecule has 3 rings (SSSR count). The molecule has 0 aliphatic carbocycles. The van der Waals surface area contributed by atoms with Gasteiger partial charge in [-0.2, -0.15) is 0 Å². The second kappa shape index (κ2) is 8.91. The van der Waals surface area contributed by atoms with E-state index in [1.807, 2.05) is 0 Å². The highest BCUT2D eigenvalue weighted by Crippen LogP contribution is 2.31. The van der Waals surface area contributed by atoms with Gasteiger partial charge in [-0.3, -0.25) is 0 Å². The Labute approximate surface area is 136 Å². The summed E-state index contributed by atoms with van der Waals surface area (Å²) >= 11 is 0. The molecule has 0 spiro atoms. The van der Waals surface area contributed by atoms with Gasteiger partial charge in [0.15, 0.2) is 0 Å². The number of rotatable bonds is 3. The van der Waals surface area contributed by atoms with E-state index in [2.05, 4.69) is 91.0 Å². The molecule has 0 amide bonds. The molecule has 3 aromatic rings. The third kappa shape index (κ3) is 5.38. The van der Waals surface area contributed by atoms with Crippen LogP contribution in [0.25, 0.3) is 0 Å². The Morgan fingerprint density at radius 3 is 0.913 bits per heavy atom. The lowest BCUT2D eigenvalue weighted by Crippen LogP contribution is -2.07. The summed E-state index contributed by atoms with van der Waals surface area (Å²) in [6, 6.07) is 32.0. The number of hydrogen-bond donors (Lipinski definition) is 3. The molecule has 0 heterocycles. The zero-order valence-corrected chi connectivity index (χ0v) is 12.7. The molecular formula is C19H19BO3.